The third-order valence-electron chi connectivity index (χ3n) is 4.19. The smallest absolute Gasteiger partial charge is 0.180 e. The molecule has 0 aliphatic heterocycles. The second-order valence-corrected chi connectivity index (χ2v) is 6.28. The number of anilines is 1. The number of aliphatic hydroxyl groups is 1. The highest BCUT2D eigenvalue weighted by molar-refractivity contribution is 5.49. The Morgan fingerprint density at radius 1 is 1.19 bits per heavy atom. The van der Waals surface area contributed by atoms with Gasteiger partial charge in [-0.1, -0.05) is 13.3 Å². The first-order valence-electron chi connectivity index (χ1n) is 8.83. The number of ether oxygens (including phenoxy) is 2. The van der Waals surface area contributed by atoms with E-state index in [1.807, 2.05) is 20.8 Å². The maximum Gasteiger partial charge on any atom is 0.180 e. The first-order chi connectivity index (χ1) is 12.5. The quantitative estimate of drug-likeness (QED) is 0.710. The Hall–Kier alpha value is -2.41. The lowest BCUT2D eigenvalue weighted by Crippen LogP contribution is -2.24. The molecule has 1 atom stereocenters. The fraction of sp³-hybridized carbons (Fsp3) is 0.526. The molecule has 0 spiro atoms. The summed E-state index contributed by atoms with van der Waals surface area (Å²) in [6.45, 7) is 8.13. The first kappa shape index (κ1) is 19.9. The van der Waals surface area contributed by atoms with Crippen LogP contribution >= 0.6 is 0 Å². The summed E-state index contributed by atoms with van der Waals surface area (Å²) in [6, 6.07) is -0.0732. The van der Waals surface area contributed by atoms with Gasteiger partial charge in [0.1, 0.15) is 18.2 Å². The monoisotopic (exact) mass is 360 g/mol. The van der Waals surface area contributed by atoms with E-state index in [0.717, 1.165) is 35.4 Å². The molecule has 0 bridgehead atoms. The Morgan fingerprint density at radius 2 is 1.96 bits per heavy atom. The van der Waals surface area contributed by atoms with Gasteiger partial charge in [0, 0.05) is 17.3 Å². The van der Waals surface area contributed by atoms with Gasteiger partial charge in [-0.15, -0.1) is 0 Å². The number of pyridine rings is 1. The van der Waals surface area contributed by atoms with Crippen molar-refractivity contribution in [2.24, 2.45) is 0 Å². The topological polar surface area (TPSA) is 89.4 Å². The van der Waals surface area contributed by atoms with Crippen LogP contribution in [0.2, 0.25) is 0 Å². The lowest BCUT2D eigenvalue weighted by Gasteiger charge is -2.19. The van der Waals surface area contributed by atoms with Gasteiger partial charge in [-0.3, -0.25) is 4.98 Å². The standard InChI is InChI=1S/C19H28N4O3/c1-6-7-15(10-24)23-19-17(9-20-14(4)22-19)26-11-16-13(3)18(25-5)12(2)8-21-16/h8-9,15,24H,6-7,10-11H2,1-5H3,(H,20,22,23). The van der Waals surface area contributed by atoms with E-state index in [1.165, 1.54) is 0 Å². The molecule has 0 aliphatic carbocycles. The Balaban J connectivity index is 2.19. The van der Waals surface area contributed by atoms with Crippen molar-refractivity contribution < 1.29 is 14.6 Å². The number of nitrogens with one attached hydrogen (secondary N) is 1. The third-order valence-corrected chi connectivity index (χ3v) is 4.19. The summed E-state index contributed by atoms with van der Waals surface area (Å²) in [6.07, 6.45) is 5.23. The SMILES string of the molecule is CCCC(CO)Nc1nc(C)ncc1OCc1ncc(C)c(OC)c1C. The number of nitrogens with zero attached hydrogens (tertiary/aromatic N) is 3. The van der Waals surface area contributed by atoms with Gasteiger partial charge in [-0.25, -0.2) is 9.97 Å². The van der Waals surface area contributed by atoms with Crippen molar-refractivity contribution in [1.82, 2.24) is 15.0 Å². The Labute approximate surface area is 154 Å². The second kappa shape index (κ2) is 9.33. The maximum absolute atomic E-state index is 9.54. The van der Waals surface area contributed by atoms with Gasteiger partial charge in [0.25, 0.3) is 0 Å². The largest absolute Gasteiger partial charge is 0.496 e. The molecule has 0 saturated heterocycles. The lowest BCUT2D eigenvalue weighted by atomic mass is 10.1. The average molecular weight is 360 g/mol. The highest BCUT2D eigenvalue weighted by Gasteiger charge is 2.15. The summed E-state index contributed by atoms with van der Waals surface area (Å²) in [7, 11) is 1.65. The van der Waals surface area contributed by atoms with Crippen LogP contribution in [0.3, 0.4) is 0 Å². The molecule has 0 aliphatic rings. The fourth-order valence-corrected chi connectivity index (χ4v) is 2.78. The van der Waals surface area contributed by atoms with E-state index < -0.39 is 0 Å². The number of hydrogen-bond acceptors (Lipinski definition) is 7. The summed E-state index contributed by atoms with van der Waals surface area (Å²) < 4.78 is 11.4. The molecule has 0 amide bonds. The minimum atomic E-state index is -0.0732. The zero-order chi connectivity index (χ0) is 19.1. The molecular weight excluding hydrogens is 332 g/mol. The highest BCUT2D eigenvalue weighted by atomic mass is 16.5. The van der Waals surface area contributed by atoms with Crippen LogP contribution in [-0.4, -0.2) is 39.8 Å². The van der Waals surface area contributed by atoms with Crippen LogP contribution in [0.5, 0.6) is 11.5 Å². The molecule has 26 heavy (non-hydrogen) atoms. The molecule has 2 aromatic rings. The summed E-state index contributed by atoms with van der Waals surface area (Å²) in [5.41, 5.74) is 2.74. The first-order valence-corrected chi connectivity index (χ1v) is 8.83. The van der Waals surface area contributed by atoms with E-state index >= 15 is 0 Å². The van der Waals surface area contributed by atoms with E-state index in [2.05, 4.69) is 27.2 Å². The van der Waals surface area contributed by atoms with Gasteiger partial charge >= 0.3 is 0 Å². The van der Waals surface area contributed by atoms with E-state index in [1.54, 1.807) is 19.5 Å². The van der Waals surface area contributed by atoms with Gasteiger partial charge in [0.15, 0.2) is 11.6 Å². The predicted molar refractivity (Wildman–Crippen MR) is 101 cm³/mol. The number of aryl methyl sites for hydroxylation is 2. The van der Waals surface area contributed by atoms with Crippen LogP contribution in [0.25, 0.3) is 0 Å². The van der Waals surface area contributed by atoms with Crippen LogP contribution in [0.4, 0.5) is 5.82 Å². The molecule has 7 nitrogen and oxygen atoms in total. The van der Waals surface area contributed by atoms with Crippen LogP contribution in [0, 0.1) is 20.8 Å². The van der Waals surface area contributed by atoms with Gasteiger partial charge < -0.3 is 19.9 Å². The molecule has 0 saturated carbocycles. The van der Waals surface area contributed by atoms with Gasteiger partial charge in [0.05, 0.1) is 31.6 Å². The summed E-state index contributed by atoms with van der Waals surface area (Å²) in [5.74, 6) is 2.58. The van der Waals surface area contributed by atoms with E-state index in [-0.39, 0.29) is 19.3 Å². The highest BCUT2D eigenvalue weighted by Crippen LogP contribution is 2.27. The van der Waals surface area contributed by atoms with Crippen molar-refractivity contribution in [3.05, 3.63) is 35.0 Å². The van der Waals surface area contributed by atoms with Crippen molar-refractivity contribution in [1.29, 1.82) is 0 Å². The van der Waals surface area contributed by atoms with E-state index in [0.29, 0.717) is 17.4 Å². The van der Waals surface area contributed by atoms with Crippen molar-refractivity contribution in [2.75, 3.05) is 19.0 Å². The van der Waals surface area contributed by atoms with E-state index in [9.17, 15) is 5.11 Å². The van der Waals surface area contributed by atoms with Crippen LogP contribution in [0.1, 0.15) is 42.4 Å². The Morgan fingerprint density at radius 3 is 2.62 bits per heavy atom. The number of aliphatic hydroxyl groups excluding tert-OH is 1. The molecule has 0 fully saturated rings. The molecule has 2 aromatic heterocycles. The number of rotatable bonds is 9. The number of aromatic nitrogens is 3. The molecule has 7 heteroatoms. The predicted octanol–water partition coefficient (Wildman–Crippen LogP) is 2.96. The average Bonchev–Trinajstić information content (AvgIpc) is 2.62. The Kier molecular flexibility index (Phi) is 7.15. The Bertz CT molecular complexity index is 737. The maximum atomic E-state index is 9.54. The zero-order valence-corrected chi connectivity index (χ0v) is 16.2. The van der Waals surface area contributed by atoms with Gasteiger partial charge in [-0.05, 0) is 27.2 Å². The molecular formula is C19H28N4O3. The van der Waals surface area contributed by atoms with E-state index in [4.69, 9.17) is 9.47 Å². The molecule has 1 unspecified atom stereocenters. The third kappa shape index (κ3) is 4.82. The summed E-state index contributed by atoms with van der Waals surface area (Å²) >= 11 is 0. The zero-order valence-electron chi connectivity index (χ0n) is 16.2. The molecule has 0 radical (unpaired) electrons. The summed E-state index contributed by atoms with van der Waals surface area (Å²) in [4.78, 5) is 13.1. The summed E-state index contributed by atoms with van der Waals surface area (Å²) in [5, 5.41) is 12.8. The van der Waals surface area contributed by atoms with Gasteiger partial charge in [0.2, 0.25) is 0 Å². The van der Waals surface area contributed by atoms with Crippen molar-refractivity contribution in [3.8, 4) is 11.5 Å². The van der Waals surface area contributed by atoms with Crippen LogP contribution in [-0.2, 0) is 6.61 Å². The number of hydrogen-bond donors (Lipinski definition) is 2. The molecule has 0 aromatic carbocycles. The number of methoxy groups -OCH3 is 1. The minimum Gasteiger partial charge on any atom is -0.496 e. The molecule has 2 N–H and O–H groups in total. The minimum absolute atomic E-state index is 0.0339. The normalized spacial score (nSPS) is 11.9. The lowest BCUT2D eigenvalue weighted by molar-refractivity contribution is 0.266. The van der Waals surface area contributed by atoms with Crippen LogP contribution < -0.4 is 14.8 Å². The van der Waals surface area contributed by atoms with Gasteiger partial charge in [-0.2, -0.15) is 0 Å². The fourth-order valence-electron chi connectivity index (χ4n) is 2.78. The van der Waals surface area contributed by atoms with Crippen molar-refractivity contribution >= 4 is 5.82 Å². The van der Waals surface area contributed by atoms with Crippen molar-refractivity contribution in [2.45, 2.75) is 53.2 Å². The molecule has 2 heterocycles. The molecule has 142 valence electrons. The molecule has 2 rings (SSSR count). The van der Waals surface area contributed by atoms with Crippen LogP contribution in [0.15, 0.2) is 12.4 Å². The second-order valence-electron chi connectivity index (χ2n) is 6.28. The van der Waals surface area contributed by atoms with Crippen molar-refractivity contribution in [3.63, 3.8) is 0 Å².